The summed E-state index contributed by atoms with van der Waals surface area (Å²) in [5, 5.41) is 21.3. The molecular formula is C25H31N7O. The predicted molar refractivity (Wildman–Crippen MR) is 123 cm³/mol. The molecule has 2 aromatic heterocycles. The molecule has 0 radical (unpaired) electrons. The third kappa shape index (κ3) is 2.63. The fourth-order valence-electron chi connectivity index (χ4n) is 8.00. The highest BCUT2D eigenvalue weighted by Crippen LogP contribution is 2.86. The quantitative estimate of drug-likeness (QED) is 0.680. The number of hydrogen-bond donors (Lipinski definition) is 2. The van der Waals surface area contributed by atoms with Crippen LogP contribution < -0.4 is 11.1 Å². The van der Waals surface area contributed by atoms with Crippen LogP contribution in [0.1, 0.15) is 56.3 Å². The van der Waals surface area contributed by atoms with Crippen LogP contribution in [0.2, 0.25) is 0 Å². The van der Waals surface area contributed by atoms with Gasteiger partial charge in [0.05, 0.1) is 12.3 Å². The van der Waals surface area contributed by atoms with E-state index < -0.39 is 0 Å². The summed E-state index contributed by atoms with van der Waals surface area (Å²) in [6, 6.07) is 4.28. The van der Waals surface area contributed by atoms with Gasteiger partial charge in [0.25, 0.3) is 5.91 Å². The largest absolute Gasteiger partial charge is 0.349 e. The second-order valence-corrected chi connectivity index (χ2v) is 11.4. The van der Waals surface area contributed by atoms with Gasteiger partial charge in [-0.15, -0.1) is 0 Å². The van der Waals surface area contributed by atoms with Crippen molar-refractivity contribution in [3.05, 3.63) is 36.3 Å². The van der Waals surface area contributed by atoms with Gasteiger partial charge in [-0.05, 0) is 72.3 Å². The summed E-state index contributed by atoms with van der Waals surface area (Å²) in [6.07, 6.45) is 14.3. The van der Waals surface area contributed by atoms with E-state index in [2.05, 4.69) is 21.6 Å². The molecule has 33 heavy (non-hydrogen) atoms. The van der Waals surface area contributed by atoms with Crippen LogP contribution in [0.15, 0.2) is 30.7 Å². The molecule has 4 unspecified atom stereocenters. The van der Waals surface area contributed by atoms with Crippen LogP contribution in [-0.2, 0) is 0 Å². The van der Waals surface area contributed by atoms with Crippen LogP contribution in [0, 0.1) is 45.3 Å². The Morgan fingerprint density at radius 3 is 2.94 bits per heavy atom. The van der Waals surface area contributed by atoms with Crippen LogP contribution in [-0.4, -0.2) is 38.1 Å². The molecule has 4 aliphatic carbocycles. The number of amides is 1. The minimum Gasteiger partial charge on any atom is -0.349 e. The van der Waals surface area contributed by atoms with Crippen molar-refractivity contribution in [2.24, 2.45) is 39.7 Å². The summed E-state index contributed by atoms with van der Waals surface area (Å²) >= 11 is 0. The molecular weight excluding hydrogens is 414 g/mol. The molecule has 8 nitrogen and oxygen atoms in total. The van der Waals surface area contributed by atoms with E-state index in [1.54, 1.807) is 21.8 Å². The zero-order valence-electron chi connectivity index (χ0n) is 19.2. The zero-order valence-corrected chi connectivity index (χ0v) is 19.2. The molecule has 6 rings (SSSR count). The van der Waals surface area contributed by atoms with Crippen molar-refractivity contribution < 1.29 is 4.79 Å². The van der Waals surface area contributed by atoms with Crippen molar-refractivity contribution in [2.75, 3.05) is 6.54 Å². The topological polar surface area (TPSA) is 115 Å². The van der Waals surface area contributed by atoms with Gasteiger partial charge in [-0.2, -0.15) is 15.5 Å². The Balaban J connectivity index is 1.26. The highest BCUT2D eigenvalue weighted by atomic mass is 16.1. The van der Waals surface area contributed by atoms with Crippen LogP contribution in [0.25, 0.3) is 12.0 Å². The molecule has 8 heteroatoms. The smallest absolute Gasteiger partial charge is 0.257 e. The Labute approximate surface area is 193 Å². The Hall–Kier alpha value is -2.92. The molecule has 4 saturated carbocycles. The summed E-state index contributed by atoms with van der Waals surface area (Å²) in [6.45, 7) is 4.79. The number of carbonyl (C=O) groups is 1. The van der Waals surface area contributed by atoms with Crippen molar-refractivity contribution in [1.82, 2.24) is 24.9 Å². The molecule has 172 valence electrons. The Kier molecular flexibility index (Phi) is 4.26. The van der Waals surface area contributed by atoms with Gasteiger partial charge in [0.2, 0.25) is 0 Å². The standard InChI is InChI=1S/C25H31N7O/c1-23(2,4-6-26)5-9-32-22(31-8-3-7-28-31)17(14-29-32)21(33)30-20-18-10-16-11-24(15-27)13-19(20)25(18,24)12-16/h3,5,7-9,14,16,18-20H,4,10-13,15,27H2,1-2H3,(H,30,33)/b9-5+/t16?,18?,19?,20-,24-,25?/m1/s1. The molecule has 6 atom stereocenters. The van der Waals surface area contributed by atoms with Crippen molar-refractivity contribution in [1.29, 1.82) is 5.26 Å². The van der Waals surface area contributed by atoms with E-state index in [9.17, 15) is 4.79 Å². The van der Waals surface area contributed by atoms with Crippen LogP contribution in [0.5, 0.6) is 0 Å². The van der Waals surface area contributed by atoms with Crippen molar-refractivity contribution in [3.8, 4) is 11.9 Å². The zero-order chi connectivity index (χ0) is 23.0. The van der Waals surface area contributed by atoms with Gasteiger partial charge >= 0.3 is 0 Å². The molecule has 4 aliphatic rings. The number of nitrogens with one attached hydrogen (secondary N) is 1. The average Bonchev–Trinajstić information content (AvgIpc) is 3.53. The average molecular weight is 446 g/mol. The first-order chi connectivity index (χ1) is 15.8. The number of allylic oxidation sites excluding steroid dienone is 1. The normalized spacial score (nSPS) is 35.7. The first-order valence-corrected chi connectivity index (χ1v) is 12.0. The molecule has 1 spiro atoms. The molecule has 3 N–H and O–H groups in total. The second kappa shape index (κ2) is 6.80. The SMILES string of the molecule is CC(C)(/C=C/n1ncc(C(=O)N[C@@H]2C3CC4CC35C2C[C@@]5(CN)C4)c1-n1cccn1)CC#N. The van der Waals surface area contributed by atoms with E-state index in [1.165, 1.54) is 19.3 Å². The maximum atomic E-state index is 13.5. The van der Waals surface area contributed by atoms with Crippen LogP contribution in [0.4, 0.5) is 0 Å². The highest BCUT2D eigenvalue weighted by Gasteiger charge is 2.83. The van der Waals surface area contributed by atoms with E-state index in [0.29, 0.717) is 40.5 Å². The van der Waals surface area contributed by atoms with Crippen molar-refractivity contribution >= 4 is 12.1 Å². The molecule has 1 amide bonds. The third-order valence-electron chi connectivity index (χ3n) is 9.31. The Morgan fingerprint density at radius 1 is 1.36 bits per heavy atom. The molecule has 0 aromatic carbocycles. The van der Waals surface area contributed by atoms with Gasteiger partial charge < -0.3 is 11.1 Å². The lowest BCUT2D eigenvalue weighted by Gasteiger charge is -2.76. The van der Waals surface area contributed by atoms with Gasteiger partial charge in [-0.25, -0.2) is 9.36 Å². The summed E-state index contributed by atoms with van der Waals surface area (Å²) < 4.78 is 3.34. The molecule has 0 saturated heterocycles. The lowest BCUT2D eigenvalue weighted by Crippen LogP contribution is -2.78. The second-order valence-electron chi connectivity index (χ2n) is 11.4. The van der Waals surface area contributed by atoms with E-state index in [0.717, 1.165) is 18.9 Å². The van der Waals surface area contributed by atoms with Gasteiger partial charge in [0.1, 0.15) is 5.56 Å². The molecule has 4 fully saturated rings. The number of rotatable bonds is 7. The molecule has 0 aliphatic heterocycles. The molecule has 2 aromatic rings. The number of nitriles is 1. The lowest BCUT2D eigenvalue weighted by molar-refractivity contribution is -0.257. The number of carbonyl (C=O) groups excluding carboxylic acids is 1. The monoisotopic (exact) mass is 445 g/mol. The first kappa shape index (κ1) is 20.7. The van der Waals surface area contributed by atoms with Gasteiger partial charge in [-0.3, -0.25) is 4.79 Å². The van der Waals surface area contributed by atoms with Gasteiger partial charge in [0, 0.05) is 31.1 Å². The molecule has 2 bridgehead atoms. The highest BCUT2D eigenvalue weighted by molar-refractivity contribution is 5.97. The molecule has 2 heterocycles. The van der Waals surface area contributed by atoms with E-state index >= 15 is 0 Å². The Bertz CT molecular complexity index is 1170. The fourth-order valence-corrected chi connectivity index (χ4v) is 8.00. The van der Waals surface area contributed by atoms with Gasteiger partial charge in [0.15, 0.2) is 5.82 Å². The fraction of sp³-hybridized carbons (Fsp3) is 0.600. The number of nitrogens with zero attached hydrogens (tertiary/aromatic N) is 5. The van der Waals surface area contributed by atoms with Gasteiger partial charge in [-0.1, -0.05) is 19.9 Å². The van der Waals surface area contributed by atoms with Crippen molar-refractivity contribution in [3.63, 3.8) is 0 Å². The van der Waals surface area contributed by atoms with Crippen LogP contribution in [0.3, 0.4) is 0 Å². The predicted octanol–water partition coefficient (Wildman–Crippen LogP) is 2.97. The Morgan fingerprint density at radius 2 is 2.21 bits per heavy atom. The summed E-state index contributed by atoms with van der Waals surface area (Å²) in [5.74, 6) is 2.43. The lowest BCUT2D eigenvalue weighted by atomic mass is 9.30. The van der Waals surface area contributed by atoms with E-state index in [1.807, 2.05) is 38.4 Å². The number of aromatic nitrogens is 4. The third-order valence-corrected chi connectivity index (χ3v) is 9.31. The van der Waals surface area contributed by atoms with Crippen molar-refractivity contribution in [2.45, 2.75) is 52.0 Å². The number of fused-ring (bicyclic) bond motifs is 1. The van der Waals surface area contributed by atoms with Crippen LogP contribution >= 0.6 is 0 Å². The first-order valence-electron chi connectivity index (χ1n) is 12.0. The van der Waals surface area contributed by atoms with E-state index in [4.69, 9.17) is 11.0 Å². The minimum atomic E-state index is -0.299. The summed E-state index contributed by atoms with van der Waals surface area (Å²) in [4.78, 5) is 13.5. The maximum absolute atomic E-state index is 13.5. The van der Waals surface area contributed by atoms with E-state index in [-0.39, 0.29) is 17.4 Å². The summed E-state index contributed by atoms with van der Waals surface area (Å²) in [5.41, 5.74) is 7.19. The number of nitrogens with two attached hydrogens (primary N) is 1. The summed E-state index contributed by atoms with van der Waals surface area (Å²) in [7, 11) is 0. The minimum absolute atomic E-state index is 0.0932. The maximum Gasteiger partial charge on any atom is 0.257 e. The number of hydrogen-bond acceptors (Lipinski definition) is 5.